The van der Waals surface area contributed by atoms with E-state index < -0.39 is 16.0 Å². The van der Waals surface area contributed by atoms with Crippen molar-refractivity contribution < 1.29 is 23.1 Å². The van der Waals surface area contributed by atoms with Crippen LogP contribution in [0.15, 0.2) is 0 Å². The van der Waals surface area contributed by atoms with Crippen LogP contribution in [0.1, 0.15) is 19.3 Å². The highest BCUT2D eigenvalue weighted by molar-refractivity contribution is 7.89. The van der Waals surface area contributed by atoms with Gasteiger partial charge in [-0.2, -0.15) is 4.31 Å². The van der Waals surface area contributed by atoms with Crippen LogP contribution < -0.4 is 5.32 Å². The molecule has 19 heavy (non-hydrogen) atoms. The molecule has 1 saturated heterocycles. The molecule has 0 radical (unpaired) electrons. The number of sulfonamides is 1. The molecule has 0 aromatic rings. The minimum absolute atomic E-state index is 0.0572. The van der Waals surface area contributed by atoms with Gasteiger partial charge < -0.3 is 15.2 Å². The number of carbonyl (C=O) groups is 1. The van der Waals surface area contributed by atoms with Gasteiger partial charge in [0.1, 0.15) is 0 Å². The highest BCUT2D eigenvalue weighted by atomic mass is 32.2. The Morgan fingerprint density at radius 2 is 2.26 bits per heavy atom. The molecule has 1 rings (SSSR count). The van der Waals surface area contributed by atoms with Crippen molar-refractivity contribution in [2.75, 3.05) is 39.1 Å². The number of nitrogens with zero attached hydrogens (tertiary/aromatic N) is 1. The smallest absolute Gasteiger partial charge is 0.306 e. The second-order valence-electron chi connectivity index (χ2n) is 4.52. The van der Waals surface area contributed by atoms with Gasteiger partial charge in [-0.05, 0) is 19.4 Å². The molecule has 0 amide bonds. The van der Waals surface area contributed by atoms with Crippen LogP contribution in [0, 0.1) is 0 Å². The summed E-state index contributed by atoms with van der Waals surface area (Å²) in [6.07, 6.45) is 1.78. The lowest BCUT2D eigenvalue weighted by molar-refractivity contribution is -0.140. The van der Waals surface area contributed by atoms with Gasteiger partial charge in [-0.15, -0.1) is 0 Å². The molecule has 0 saturated carbocycles. The van der Waals surface area contributed by atoms with Crippen LogP contribution >= 0.6 is 0 Å². The number of carbonyl (C=O) groups excluding carboxylic acids is 1. The summed E-state index contributed by atoms with van der Waals surface area (Å²) >= 11 is 0. The molecule has 0 aromatic carbocycles. The van der Waals surface area contributed by atoms with Gasteiger partial charge in [0.05, 0.1) is 25.9 Å². The van der Waals surface area contributed by atoms with E-state index in [-0.39, 0.29) is 31.4 Å². The number of aliphatic hydroxyl groups is 1. The molecule has 1 unspecified atom stereocenters. The van der Waals surface area contributed by atoms with Crippen LogP contribution in [0.25, 0.3) is 0 Å². The van der Waals surface area contributed by atoms with Crippen LogP contribution in [0.3, 0.4) is 0 Å². The van der Waals surface area contributed by atoms with Crippen molar-refractivity contribution in [3.05, 3.63) is 0 Å². The first-order chi connectivity index (χ1) is 8.99. The van der Waals surface area contributed by atoms with E-state index in [0.717, 1.165) is 19.4 Å². The van der Waals surface area contributed by atoms with E-state index in [0.29, 0.717) is 6.54 Å². The molecule has 8 heteroatoms. The Morgan fingerprint density at radius 3 is 2.79 bits per heavy atom. The van der Waals surface area contributed by atoms with E-state index >= 15 is 0 Å². The van der Waals surface area contributed by atoms with Crippen molar-refractivity contribution in [2.24, 2.45) is 0 Å². The summed E-state index contributed by atoms with van der Waals surface area (Å²) < 4.78 is 29.9. The van der Waals surface area contributed by atoms with Crippen molar-refractivity contribution >= 4 is 16.0 Å². The fourth-order valence-corrected chi connectivity index (χ4v) is 3.51. The average Bonchev–Trinajstić information content (AvgIpc) is 2.88. The molecule has 0 aliphatic carbocycles. The predicted molar refractivity (Wildman–Crippen MR) is 70.1 cm³/mol. The maximum Gasteiger partial charge on any atom is 0.306 e. The number of hydrogen-bond donors (Lipinski definition) is 2. The maximum atomic E-state index is 12.1. The number of rotatable bonds is 8. The summed E-state index contributed by atoms with van der Waals surface area (Å²) in [7, 11) is -2.32. The SMILES string of the molecule is COC(=O)CCS(=O)(=O)N(CCO)CC1CCCN1. The van der Waals surface area contributed by atoms with Crippen LogP contribution in [-0.4, -0.2) is 68.9 Å². The maximum absolute atomic E-state index is 12.1. The zero-order chi connectivity index (χ0) is 14.3. The average molecular weight is 294 g/mol. The van der Waals surface area contributed by atoms with Crippen molar-refractivity contribution in [1.29, 1.82) is 0 Å². The summed E-state index contributed by atoms with van der Waals surface area (Å²) in [6.45, 7) is 1.05. The summed E-state index contributed by atoms with van der Waals surface area (Å²) in [5, 5.41) is 12.2. The molecule has 0 aromatic heterocycles. The minimum Gasteiger partial charge on any atom is -0.469 e. The summed E-state index contributed by atoms with van der Waals surface area (Å²) in [4.78, 5) is 11.0. The van der Waals surface area contributed by atoms with E-state index in [1.807, 2.05) is 0 Å². The molecule has 1 heterocycles. The standard InChI is InChI=1S/C11H22N2O5S/c1-18-11(15)4-8-19(16,17)13(6-7-14)9-10-3-2-5-12-10/h10,12,14H,2-9H2,1H3. The normalized spacial score (nSPS) is 19.8. The van der Waals surface area contributed by atoms with E-state index in [1.165, 1.54) is 11.4 Å². The first-order valence-electron chi connectivity index (χ1n) is 6.38. The molecule has 0 bridgehead atoms. The van der Waals surface area contributed by atoms with Crippen LogP contribution in [0.5, 0.6) is 0 Å². The Hall–Kier alpha value is -0.700. The van der Waals surface area contributed by atoms with Gasteiger partial charge in [0.2, 0.25) is 10.0 Å². The molecule has 1 atom stereocenters. The van der Waals surface area contributed by atoms with Gasteiger partial charge in [0.15, 0.2) is 0 Å². The monoisotopic (exact) mass is 294 g/mol. The lowest BCUT2D eigenvalue weighted by Gasteiger charge is -2.24. The topological polar surface area (TPSA) is 95.9 Å². The molecule has 2 N–H and O–H groups in total. The third kappa shape index (κ3) is 5.43. The van der Waals surface area contributed by atoms with Crippen LogP contribution in [0.4, 0.5) is 0 Å². The number of hydrogen-bond acceptors (Lipinski definition) is 6. The summed E-state index contributed by atoms with van der Waals surface area (Å²) in [5.41, 5.74) is 0. The van der Waals surface area contributed by atoms with E-state index in [2.05, 4.69) is 10.1 Å². The number of ether oxygens (including phenoxy) is 1. The van der Waals surface area contributed by atoms with E-state index in [4.69, 9.17) is 5.11 Å². The van der Waals surface area contributed by atoms with Crippen LogP contribution in [0.2, 0.25) is 0 Å². The number of esters is 1. The quantitative estimate of drug-likeness (QED) is 0.553. The fraction of sp³-hybridized carbons (Fsp3) is 0.909. The summed E-state index contributed by atoms with van der Waals surface area (Å²) in [5.74, 6) is -0.835. The fourth-order valence-electron chi connectivity index (χ4n) is 2.06. The largest absolute Gasteiger partial charge is 0.469 e. The van der Waals surface area contributed by atoms with E-state index in [1.54, 1.807) is 0 Å². The lowest BCUT2D eigenvalue weighted by Crippen LogP contribution is -2.43. The zero-order valence-corrected chi connectivity index (χ0v) is 12.0. The Bertz CT molecular complexity index is 379. The Labute approximate surface area is 114 Å². The zero-order valence-electron chi connectivity index (χ0n) is 11.2. The van der Waals surface area contributed by atoms with Gasteiger partial charge in [0.25, 0.3) is 0 Å². The van der Waals surface area contributed by atoms with Crippen molar-refractivity contribution in [1.82, 2.24) is 9.62 Å². The third-order valence-electron chi connectivity index (χ3n) is 3.12. The van der Waals surface area contributed by atoms with Gasteiger partial charge in [-0.1, -0.05) is 0 Å². The molecule has 7 nitrogen and oxygen atoms in total. The highest BCUT2D eigenvalue weighted by Crippen LogP contribution is 2.11. The second kappa shape index (κ2) is 7.78. The Kier molecular flexibility index (Phi) is 6.70. The first kappa shape index (κ1) is 16.4. The lowest BCUT2D eigenvalue weighted by atomic mass is 10.2. The molecule has 1 aliphatic heterocycles. The molecule has 112 valence electrons. The van der Waals surface area contributed by atoms with E-state index in [9.17, 15) is 13.2 Å². The number of aliphatic hydroxyl groups excluding tert-OH is 1. The first-order valence-corrected chi connectivity index (χ1v) is 7.99. The van der Waals surface area contributed by atoms with Gasteiger partial charge in [-0.3, -0.25) is 4.79 Å². The van der Waals surface area contributed by atoms with Gasteiger partial charge >= 0.3 is 5.97 Å². The van der Waals surface area contributed by atoms with Crippen molar-refractivity contribution in [3.8, 4) is 0 Å². The van der Waals surface area contributed by atoms with Crippen molar-refractivity contribution in [2.45, 2.75) is 25.3 Å². The minimum atomic E-state index is -3.54. The Balaban J connectivity index is 2.58. The van der Waals surface area contributed by atoms with Gasteiger partial charge in [-0.25, -0.2) is 8.42 Å². The second-order valence-corrected chi connectivity index (χ2v) is 6.61. The third-order valence-corrected chi connectivity index (χ3v) is 4.96. The molecule has 0 spiro atoms. The predicted octanol–water partition coefficient (Wildman–Crippen LogP) is -1.07. The Morgan fingerprint density at radius 1 is 1.53 bits per heavy atom. The summed E-state index contributed by atoms with van der Waals surface area (Å²) in [6, 6.07) is 0.124. The molecule has 1 fully saturated rings. The highest BCUT2D eigenvalue weighted by Gasteiger charge is 2.26. The van der Waals surface area contributed by atoms with Crippen molar-refractivity contribution in [3.63, 3.8) is 0 Å². The molecular formula is C11H22N2O5S. The number of methoxy groups -OCH3 is 1. The molecular weight excluding hydrogens is 272 g/mol. The molecule has 1 aliphatic rings. The number of nitrogens with one attached hydrogen (secondary N) is 1. The van der Waals surface area contributed by atoms with Crippen LogP contribution in [-0.2, 0) is 19.6 Å². The van der Waals surface area contributed by atoms with Gasteiger partial charge in [0, 0.05) is 19.1 Å².